The number of carbonyl (C=O) groups is 1. The first-order valence-corrected chi connectivity index (χ1v) is 12.5. The fourth-order valence-electron chi connectivity index (χ4n) is 3.91. The van der Waals surface area contributed by atoms with Crippen LogP contribution in [0, 0.1) is 0 Å². The fourth-order valence-corrected chi connectivity index (χ4v) is 5.36. The van der Waals surface area contributed by atoms with Gasteiger partial charge in [-0.1, -0.05) is 50.3 Å². The van der Waals surface area contributed by atoms with Crippen LogP contribution >= 0.6 is 0 Å². The number of sulfonamides is 1. The molecule has 31 heavy (non-hydrogen) atoms. The summed E-state index contributed by atoms with van der Waals surface area (Å²) in [6.07, 6.45) is 7.70. The van der Waals surface area contributed by atoms with Crippen LogP contribution in [0.5, 0.6) is 5.75 Å². The van der Waals surface area contributed by atoms with Gasteiger partial charge in [0.15, 0.2) is 0 Å². The van der Waals surface area contributed by atoms with Crippen LogP contribution in [0.25, 0.3) is 0 Å². The Morgan fingerprint density at radius 1 is 0.968 bits per heavy atom. The van der Waals surface area contributed by atoms with Crippen molar-refractivity contribution in [2.24, 2.45) is 0 Å². The van der Waals surface area contributed by atoms with Gasteiger partial charge in [-0.25, -0.2) is 8.42 Å². The normalized spacial score (nSPS) is 15.5. The Balaban J connectivity index is 1.82. The number of rotatable bonds is 8. The Kier molecular flexibility index (Phi) is 8.35. The zero-order valence-electron chi connectivity index (χ0n) is 18.1. The first kappa shape index (κ1) is 23.1. The van der Waals surface area contributed by atoms with Crippen LogP contribution in [-0.2, 0) is 14.8 Å². The van der Waals surface area contributed by atoms with E-state index >= 15 is 0 Å². The van der Waals surface area contributed by atoms with Crippen LogP contribution in [0.2, 0.25) is 0 Å². The van der Waals surface area contributed by atoms with Crippen molar-refractivity contribution in [1.29, 1.82) is 0 Å². The van der Waals surface area contributed by atoms with Crippen molar-refractivity contribution < 1.29 is 17.9 Å². The molecule has 1 saturated carbocycles. The SMILES string of the molecule is CCOc1ccc(N(CC(=O)NC2CCCCCCC2)S(=O)(=O)c2ccccc2)cc1. The maximum atomic E-state index is 13.4. The highest BCUT2D eigenvalue weighted by molar-refractivity contribution is 7.92. The summed E-state index contributed by atoms with van der Waals surface area (Å²) in [5.41, 5.74) is 0.431. The van der Waals surface area contributed by atoms with Gasteiger partial charge in [-0.3, -0.25) is 9.10 Å². The van der Waals surface area contributed by atoms with Crippen molar-refractivity contribution in [3.63, 3.8) is 0 Å². The van der Waals surface area contributed by atoms with Gasteiger partial charge in [0.05, 0.1) is 17.2 Å². The van der Waals surface area contributed by atoms with Gasteiger partial charge >= 0.3 is 0 Å². The third kappa shape index (κ3) is 6.47. The number of nitrogens with one attached hydrogen (secondary N) is 1. The average molecular weight is 445 g/mol. The van der Waals surface area contributed by atoms with E-state index < -0.39 is 10.0 Å². The zero-order chi connectivity index (χ0) is 22.1. The lowest BCUT2D eigenvalue weighted by molar-refractivity contribution is -0.120. The Morgan fingerprint density at radius 2 is 1.58 bits per heavy atom. The standard InChI is InChI=1S/C24H32N2O4S/c1-2-30-22-17-15-21(16-18-22)26(31(28,29)23-13-9-6-10-14-23)19-24(27)25-20-11-7-4-3-5-8-12-20/h6,9-10,13-18,20H,2-5,7-8,11-12,19H2,1H3,(H,25,27). The molecule has 1 fully saturated rings. The number of nitrogens with zero attached hydrogens (tertiary/aromatic N) is 1. The van der Waals surface area contributed by atoms with Crippen molar-refractivity contribution in [2.45, 2.75) is 62.8 Å². The summed E-state index contributed by atoms with van der Waals surface area (Å²) in [6, 6.07) is 15.1. The Hall–Kier alpha value is -2.54. The molecule has 0 heterocycles. The summed E-state index contributed by atoms with van der Waals surface area (Å²) in [7, 11) is -3.90. The van der Waals surface area contributed by atoms with Crippen molar-refractivity contribution in [2.75, 3.05) is 17.5 Å². The lowest BCUT2D eigenvalue weighted by atomic mass is 9.97. The molecule has 0 aliphatic heterocycles. The van der Waals surface area contributed by atoms with E-state index in [-0.39, 0.29) is 23.4 Å². The Bertz CT molecular complexity index is 922. The fraction of sp³-hybridized carbons (Fsp3) is 0.458. The summed E-state index contributed by atoms with van der Waals surface area (Å²) >= 11 is 0. The third-order valence-corrected chi connectivity index (χ3v) is 7.31. The molecule has 0 aromatic heterocycles. The zero-order valence-corrected chi connectivity index (χ0v) is 18.9. The predicted octanol–water partition coefficient (Wildman–Crippen LogP) is 4.51. The molecule has 1 amide bonds. The number of carbonyl (C=O) groups excluding carboxylic acids is 1. The topological polar surface area (TPSA) is 75.7 Å². The summed E-state index contributed by atoms with van der Waals surface area (Å²) in [6.45, 7) is 2.15. The van der Waals surface area contributed by atoms with Crippen LogP contribution in [0.4, 0.5) is 5.69 Å². The van der Waals surface area contributed by atoms with Crippen molar-refractivity contribution >= 4 is 21.6 Å². The van der Waals surface area contributed by atoms with E-state index in [2.05, 4.69) is 5.32 Å². The maximum absolute atomic E-state index is 13.4. The minimum atomic E-state index is -3.90. The molecule has 168 valence electrons. The van der Waals surface area contributed by atoms with Gasteiger partial charge in [-0.15, -0.1) is 0 Å². The van der Waals surface area contributed by atoms with Crippen LogP contribution in [0.3, 0.4) is 0 Å². The van der Waals surface area contributed by atoms with Gasteiger partial charge in [-0.05, 0) is 56.2 Å². The number of benzene rings is 2. The second kappa shape index (κ2) is 11.2. The van der Waals surface area contributed by atoms with E-state index in [1.54, 1.807) is 54.6 Å². The molecule has 2 aromatic carbocycles. The highest BCUT2D eigenvalue weighted by atomic mass is 32.2. The molecular formula is C24H32N2O4S. The monoisotopic (exact) mass is 444 g/mol. The average Bonchev–Trinajstić information content (AvgIpc) is 2.75. The first-order valence-electron chi connectivity index (χ1n) is 11.1. The quantitative estimate of drug-likeness (QED) is 0.650. The molecule has 0 bridgehead atoms. The minimum Gasteiger partial charge on any atom is -0.494 e. The van der Waals surface area contributed by atoms with E-state index in [0.29, 0.717) is 18.0 Å². The summed E-state index contributed by atoms with van der Waals surface area (Å²) < 4.78 is 33.4. The van der Waals surface area contributed by atoms with E-state index in [4.69, 9.17) is 4.74 Å². The molecule has 3 rings (SSSR count). The van der Waals surface area contributed by atoms with E-state index in [1.165, 1.54) is 23.6 Å². The minimum absolute atomic E-state index is 0.106. The largest absolute Gasteiger partial charge is 0.494 e. The molecule has 0 unspecified atom stereocenters. The van der Waals surface area contributed by atoms with Crippen LogP contribution < -0.4 is 14.4 Å². The molecular weight excluding hydrogens is 412 g/mol. The molecule has 6 nitrogen and oxygen atoms in total. The van der Waals surface area contributed by atoms with Crippen molar-refractivity contribution in [3.05, 3.63) is 54.6 Å². The van der Waals surface area contributed by atoms with Crippen LogP contribution in [0.1, 0.15) is 51.9 Å². The second-order valence-electron chi connectivity index (χ2n) is 7.86. The van der Waals surface area contributed by atoms with E-state index in [1.807, 2.05) is 6.92 Å². The van der Waals surface area contributed by atoms with Crippen molar-refractivity contribution in [1.82, 2.24) is 5.32 Å². The van der Waals surface area contributed by atoms with Crippen molar-refractivity contribution in [3.8, 4) is 5.75 Å². The summed E-state index contributed by atoms with van der Waals surface area (Å²) in [5.74, 6) is 0.376. The number of ether oxygens (including phenoxy) is 1. The first-order chi connectivity index (χ1) is 15.0. The highest BCUT2D eigenvalue weighted by Crippen LogP contribution is 2.26. The predicted molar refractivity (Wildman–Crippen MR) is 123 cm³/mol. The number of amides is 1. The van der Waals surface area contributed by atoms with E-state index in [0.717, 1.165) is 25.7 Å². The number of hydrogen-bond acceptors (Lipinski definition) is 4. The maximum Gasteiger partial charge on any atom is 0.264 e. The van der Waals surface area contributed by atoms with Gasteiger partial charge < -0.3 is 10.1 Å². The second-order valence-corrected chi connectivity index (χ2v) is 9.72. The molecule has 0 spiro atoms. The highest BCUT2D eigenvalue weighted by Gasteiger charge is 2.28. The molecule has 0 saturated heterocycles. The molecule has 1 aliphatic carbocycles. The smallest absolute Gasteiger partial charge is 0.264 e. The van der Waals surface area contributed by atoms with E-state index in [9.17, 15) is 13.2 Å². The third-order valence-electron chi connectivity index (χ3n) is 5.52. The van der Waals surface area contributed by atoms with Gasteiger partial charge in [0.1, 0.15) is 12.3 Å². The number of hydrogen-bond donors (Lipinski definition) is 1. The Morgan fingerprint density at radius 3 is 2.19 bits per heavy atom. The molecule has 7 heteroatoms. The van der Waals surface area contributed by atoms with Gasteiger partial charge in [-0.2, -0.15) is 0 Å². The molecule has 2 aromatic rings. The summed E-state index contributed by atoms with van der Waals surface area (Å²) in [4.78, 5) is 13.1. The van der Waals surface area contributed by atoms with Gasteiger partial charge in [0.25, 0.3) is 10.0 Å². The van der Waals surface area contributed by atoms with Crippen LogP contribution in [0.15, 0.2) is 59.5 Å². The molecule has 0 atom stereocenters. The van der Waals surface area contributed by atoms with Gasteiger partial charge in [0, 0.05) is 6.04 Å². The van der Waals surface area contributed by atoms with Crippen LogP contribution in [-0.4, -0.2) is 33.5 Å². The lowest BCUT2D eigenvalue weighted by Gasteiger charge is -2.26. The molecule has 0 radical (unpaired) electrons. The summed E-state index contributed by atoms with van der Waals surface area (Å²) in [5, 5.41) is 3.07. The Labute approximate surface area is 185 Å². The van der Waals surface area contributed by atoms with Gasteiger partial charge in [0.2, 0.25) is 5.91 Å². The number of anilines is 1. The molecule has 1 aliphatic rings. The lowest BCUT2D eigenvalue weighted by Crippen LogP contribution is -2.44. The molecule has 1 N–H and O–H groups in total.